The highest BCUT2D eigenvalue weighted by Gasteiger charge is 2.17. The Morgan fingerprint density at radius 1 is 1.03 bits per heavy atom. The summed E-state index contributed by atoms with van der Waals surface area (Å²) >= 11 is 0. The van der Waals surface area contributed by atoms with Crippen LogP contribution in [0.1, 0.15) is 32.8 Å². The van der Waals surface area contributed by atoms with E-state index in [9.17, 15) is 18.4 Å². The molecule has 0 bridgehead atoms. The van der Waals surface area contributed by atoms with E-state index in [0.29, 0.717) is 29.4 Å². The van der Waals surface area contributed by atoms with Crippen molar-refractivity contribution in [3.8, 4) is 17.2 Å². The highest BCUT2D eigenvalue weighted by molar-refractivity contribution is 5.90. The Morgan fingerprint density at radius 2 is 1.72 bits per heavy atom. The van der Waals surface area contributed by atoms with Crippen molar-refractivity contribution in [1.29, 1.82) is 0 Å². The van der Waals surface area contributed by atoms with E-state index >= 15 is 0 Å². The fourth-order valence-electron chi connectivity index (χ4n) is 3.48. The molecule has 2 aromatic heterocycles. The van der Waals surface area contributed by atoms with Gasteiger partial charge >= 0.3 is 5.69 Å². The minimum atomic E-state index is -0.732. The summed E-state index contributed by atoms with van der Waals surface area (Å²) < 4.78 is 36.0. The third-order valence-electron chi connectivity index (χ3n) is 5.13. The number of aromatic nitrogens is 4. The summed E-state index contributed by atoms with van der Waals surface area (Å²) in [7, 11) is 0. The van der Waals surface area contributed by atoms with Crippen LogP contribution in [-0.4, -0.2) is 25.2 Å². The number of amides is 1. The van der Waals surface area contributed by atoms with E-state index in [4.69, 9.17) is 4.74 Å². The van der Waals surface area contributed by atoms with Gasteiger partial charge in [-0.25, -0.2) is 18.6 Å². The number of nitrogens with one attached hydrogen (secondary N) is 1. The molecule has 10 heteroatoms. The SMILES string of the molecule is CC(C)(C)CC(=O)Nc1cc(Oc2ccc(-n3ncn(Cc4c(F)cccc4F)c3=O)cc2)ccn1. The van der Waals surface area contributed by atoms with E-state index in [2.05, 4.69) is 15.4 Å². The van der Waals surface area contributed by atoms with Crippen LogP contribution in [0.2, 0.25) is 0 Å². The Balaban J connectivity index is 1.45. The van der Waals surface area contributed by atoms with Crippen LogP contribution in [0.25, 0.3) is 5.69 Å². The zero-order valence-corrected chi connectivity index (χ0v) is 20.0. The molecule has 0 fully saturated rings. The van der Waals surface area contributed by atoms with Crippen molar-refractivity contribution in [2.24, 2.45) is 5.41 Å². The number of hydrogen-bond donors (Lipinski definition) is 1. The van der Waals surface area contributed by atoms with Gasteiger partial charge < -0.3 is 10.1 Å². The van der Waals surface area contributed by atoms with Crippen LogP contribution in [0, 0.1) is 17.0 Å². The molecule has 0 saturated heterocycles. The van der Waals surface area contributed by atoms with Crippen LogP contribution >= 0.6 is 0 Å². The molecular weight excluding hydrogens is 468 g/mol. The van der Waals surface area contributed by atoms with Gasteiger partial charge in [0, 0.05) is 24.2 Å². The molecule has 2 aromatic carbocycles. The minimum Gasteiger partial charge on any atom is -0.457 e. The monoisotopic (exact) mass is 493 g/mol. The summed E-state index contributed by atoms with van der Waals surface area (Å²) in [6, 6.07) is 13.4. The van der Waals surface area contributed by atoms with Crippen molar-refractivity contribution in [2.75, 3.05) is 5.32 Å². The maximum absolute atomic E-state index is 14.0. The van der Waals surface area contributed by atoms with E-state index in [1.807, 2.05) is 20.8 Å². The standard InChI is InChI=1S/C26H25F2N5O3/c1-26(2,3)14-24(34)31-23-13-19(11-12-29-23)36-18-9-7-17(8-10-18)33-25(35)32(16-30-33)15-20-21(27)5-4-6-22(20)28/h4-13,16H,14-15H2,1-3H3,(H,29,31,34). The summed E-state index contributed by atoms with van der Waals surface area (Å²) in [5, 5.41) is 6.81. The van der Waals surface area contributed by atoms with Gasteiger partial charge in [0.15, 0.2) is 0 Å². The van der Waals surface area contributed by atoms with Crippen molar-refractivity contribution in [2.45, 2.75) is 33.7 Å². The van der Waals surface area contributed by atoms with Gasteiger partial charge in [-0.2, -0.15) is 9.78 Å². The Labute approximate surface area is 206 Å². The van der Waals surface area contributed by atoms with Crippen molar-refractivity contribution < 1.29 is 18.3 Å². The van der Waals surface area contributed by atoms with E-state index < -0.39 is 17.3 Å². The second kappa shape index (κ2) is 10.1. The van der Waals surface area contributed by atoms with E-state index in [1.54, 1.807) is 36.4 Å². The van der Waals surface area contributed by atoms with Gasteiger partial charge in [-0.3, -0.25) is 9.36 Å². The summed E-state index contributed by atoms with van der Waals surface area (Å²) in [5.41, 5.74) is -0.457. The first kappa shape index (κ1) is 24.8. The highest BCUT2D eigenvalue weighted by atomic mass is 19.1. The molecule has 0 unspecified atom stereocenters. The quantitative estimate of drug-likeness (QED) is 0.395. The van der Waals surface area contributed by atoms with Gasteiger partial charge in [0.1, 0.15) is 35.3 Å². The Morgan fingerprint density at radius 3 is 2.39 bits per heavy atom. The zero-order chi connectivity index (χ0) is 25.9. The van der Waals surface area contributed by atoms with E-state index in [0.717, 1.165) is 21.4 Å². The molecule has 0 aliphatic heterocycles. The van der Waals surface area contributed by atoms with Crippen molar-refractivity contribution in [3.63, 3.8) is 0 Å². The lowest BCUT2D eigenvalue weighted by atomic mass is 9.92. The minimum absolute atomic E-state index is 0.140. The van der Waals surface area contributed by atoms with Gasteiger partial charge in [-0.15, -0.1) is 0 Å². The van der Waals surface area contributed by atoms with E-state index in [-0.39, 0.29) is 23.4 Å². The second-order valence-corrected chi connectivity index (χ2v) is 9.41. The molecule has 186 valence electrons. The van der Waals surface area contributed by atoms with Gasteiger partial charge in [0.2, 0.25) is 5.91 Å². The molecule has 8 nitrogen and oxygen atoms in total. The van der Waals surface area contributed by atoms with Crippen LogP contribution in [-0.2, 0) is 11.3 Å². The second-order valence-electron chi connectivity index (χ2n) is 9.41. The number of carbonyl (C=O) groups excluding carboxylic acids is 1. The summed E-state index contributed by atoms with van der Waals surface area (Å²) in [6.45, 7) is 5.65. The summed E-state index contributed by atoms with van der Waals surface area (Å²) in [5.74, 6) is -0.274. The molecular formula is C26H25F2N5O3. The maximum atomic E-state index is 14.0. The zero-order valence-electron chi connectivity index (χ0n) is 20.0. The van der Waals surface area contributed by atoms with Crippen LogP contribution in [0.15, 0.2) is 71.9 Å². The topological polar surface area (TPSA) is 91.0 Å². The molecule has 0 aliphatic carbocycles. The van der Waals surface area contributed by atoms with Crippen LogP contribution in [0.3, 0.4) is 0 Å². The number of ether oxygens (including phenoxy) is 1. The third-order valence-corrected chi connectivity index (χ3v) is 5.13. The van der Waals surface area contributed by atoms with Gasteiger partial charge in [0.05, 0.1) is 12.2 Å². The lowest BCUT2D eigenvalue weighted by Crippen LogP contribution is -2.24. The average Bonchev–Trinajstić information content (AvgIpc) is 3.16. The number of benzene rings is 2. The van der Waals surface area contributed by atoms with Gasteiger partial charge in [-0.05, 0) is 47.9 Å². The lowest BCUT2D eigenvalue weighted by Gasteiger charge is -2.17. The first-order chi connectivity index (χ1) is 17.1. The van der Waals surface area contributed by atoms with Crippen molar-refractivity contribution in [1.82, 2.24) is 19.3 Å². The van der Waals surface area contributed by atoms with Gasteiger partial charge in [0.25, 0.3) is 0 Å². The van der Waals surface area contributed by atoms with Gasteiger partial charge in [-0.1, -0.05) is 26.8 Å². The molecule has 36 heavy (non-hydrogen) atoms. The number of pyridine rings is 1. The molecule has 0 saturated carbocycles. The number of anilines is 1. The largest absolute Gasteiger partial charge is 0.457 e. The molecule has 0 aliphatic rings. The first-order valence-corrected chi connectivity index (χ1v) is 11.2. The third kappa shape index (κ3) is 6.01. The predicted octanol–water partition coefficient (Wildman–Crippen LogP) is 4.92. The van der Waals surface area contributed by atoms with Crippen LogP contribution in [0.5, 0.6) is 11.5 Å². The molecule has 0 spiro atoms. The fourth-order valence-corrected chi connectivity index (χ4v) is 3.48. The van der Waals surface area contributed by atoms with Crippen LogP contribution < -0.4 is 15.7 Å². The first-order valence-electron chi connectivity index (χ1n) is 11.2. The molecule has 0 radical (unpaired) electrons. The molecule has 0 atom stereocenters. The van der Waals surface area contributed by atoms with Crippen LogP contribution in [0.4, 0.5) is 14.6 Å². The summed E-state index contributed by atoms with van der Waals surface area (Å²) in [4.78, 5) is 29.1. The average molecular weight is 494 g/mol. The number of halogens is 2. The summed E-state index contributed by atoms with van der Waals surface area (Å²) in [6.07, 6.45) is 3.11. The predicted molar refractivity (Wildman–Crippen MR) is 130 cm³/mol. The maximum Gasteiger partial charge on any atom is 0.350 e. The highest BCUT2D eigenvalue weighted by Crippen LogP contribution is 2.25. The Hall–Kier alpha value is -4.34. The molecule has 4 aromatic rings. The normalized spacial score (nSPS) is 11.4. The molecule has 1 amide bonds. The number of rotatable bonds is 7. The Bertz CT molecular complexity index is 1420. The van der Waals surface area contributed by atoms with Crippen molar-refractivity contribution >= 4 is 11.7 Å². The lowest BCUT2D eigenvalue weighted by molar-refractivity contribution is -0.117. The molecule has 4 rings (SSSR count). The smallest absolute Gasteiger partial charge is 0.350 e. The number of hydrogen-bond acceptors (Lipinski definition) is 5. The fraction of sp³-hybridized carbons (Fsp3) is 0.231. The molecule has 2 heterocycles. The Kier molecular flexibility index (Phi) is 6.96. The molecule has 1 N–H and O–H groups in total. The van der Waals surface area contributed by atoms with Crippen molar-refractivity contribution in [3.05, 3.63) is 94.8 Å². The van der Waals surface area contributed by atoms with E-state index in [1.165, 1.54) is 18.6 Å². The number of nitrogens with zero attached hydrogens (tertiary/aromatic N) is 4. The number of carbonyl (C=O) groups is 1.